The van der Waals surface area contributed by atoms with Crippen molar-refractivity contribution in [1.82, 2.24) is 9.97 Å². The molecule has 2 rings (SSSR count). The number of aryl methyl sites for hydroxylation is 1. The molecule has 0 spiro atoms. The van der Waals surface area contributed by atoms with E-state index in [4.69, 9.17) is 4.98 Å². The molecule has 1 N–H and O–H groups in total. The average Bonchev–Trinajstić information content (AvgIpc) is 2.45. The van der Waals surface area contributed by atoms with Crippen LogP contribution in [0.5, 0.6) is 0 Å². The van der Waals surface area contributed by atoms with Crippen LogP contribution in [0.3, 0.4) is 0 Å². The molecule has 0 radical (unpaired) electrons. The predicted molar refractivity (Wildman–Crippen MR) is 85.1 cm³/mol. The van der Waals surface area contributed by atoms with Crippen molar-refractivity contribution in [2.75, 3.05) is 11.9 Å². The lowest BCUT2D eigenvalue weighted by atomic mass is 10.0. The Morgan fingerprint density at radius 2 is 1.80 bits per heavy atom. The molecule has 0 amide bonds. The van der Waals surface area contributed by atoms with Gasteiger partial charge in [0.15, 0.2) is 5.82 Å². The first kappa shape index (κ1) is 14.5. The van der Waals surface area contributed by atoms with Crippen LogP contribution in [0.25, 0.3) is 11.4 Å². The summed E-state index contributed by atoms with van der Waals surface area (Å²) in [5, 5.41) is 3.44. The highest BCUT2D eigenvalue weighted by molar-refractivity contribution is 5.60. The normalized spacial score (nSPS) is 10.8. The number of anilines is 1. The zero-order valence-corrected chi connectivity index (χ0v) is 12.8. The Balaban J connectivity index is 2.49. The lowest BCUT2D eigenvalue weighted by Gasteiger charge is -2.17. The molecule has 0 aliphatic heterocycles. The molecule has 1 heterocycles. The maximum absolute atomic E-state index is 4.74. The Hall–Kier alpha value is -1.90. The van der Waals surface area contributed by atoms with Crippen molar-refractivity contribution in [3.8, 4) is 11.4 Å². The summed E-state index contributed by atoms with van der Waals surface area (Å²) in [5.74, 6) is 2.19. The fourth-order valence-electron chi connectivity index (χ4n) is 2.37. The molecule has 3 nitrogen and oxygen atoms in total. The smallest absolute Gasteiger partial charge is 0.161 e. The number of hydrogen-bond acceptors (Lipinski definition) is 3. The molecule has 0 saturated carbocycles. The third-order valence-corrected chi connectivity index (χ3v) is 3.29. The quantitative estimate of drug-likeness (QED) is 0.874. The minimum absolute atomic E-state index is 0.416. The van der Waals surface area contributed by atoms with Crippen molar-refractivity contribution in [3.05, 3.63) is 41.6 Å². The van der Waals surface area contributed by atoms with E-state index in [-0.39, 0.29) is 0 Å². The number of aromatic nitrogens is 2. The third-order valence-electron chi connectivity index (χ3n) is 3.29. The largest absolute Gasteiger partial charge is 0.370 e. The number of hydrogen-bond donors (Lipinski definition) is 1. The highest BCUT2D eigenvalue weighted by Gasteiger charge is 2.15. The molecule has 0 fully saturated rings. The van der Waals surface area contributed by atoms with Gasteiger partial charge in [-0.05, 0) is 19.3 Å². The minimum Gasteiger partial charge on any atom is -0.370 e. The van der Waals surface area contributed by atoms with Gasteiger partial charge in [-0.15, -0.1) is 0 Å². The summed E-state index contributed by atoms with van der Waals surface area (Å²) in [6.07, 6.45) is 1.08. The standard InChI is InChI=1S/C17H23N3/c1-5-11-18-17-15(12(2)3)13(4)19-16(20-17)14-9-7-6-8-10-14/h6-10,12H,5,11H2,1-4H3,(H,18,19,20). The topological polar surface area (TPSA) is 37.8 Å². The van der Waals surface area contributed by atoms with E-state index in [0.29, 0.717) is 5.92 Å². The van der Waals surface area contributed by atoms with Gasteiger partial charge in [-0.25, -0.2) is 9.97 Å². The van der Waals surface area contributed by atoms with Crippen LogP contribution < -0.4 is 5.32 Å². The second-order valence-electron chi connectivity index (χ2n) is 5.34. The molecule has 0 saturated heterocycles. The van der Waals surface area contributed by atoms with Gasteiger partial charge >= 0.3 is 0 Å². The van der Waals surface area contributed by atoms with Gasteiger partial charge in [-0.3, -0.25) is 0 Å². The van der Waals surface area contributed by atoms with E-state index in [9.17, 15) is 0 Å². The Kier molecular flexibility index (Phi) is 4.72. The molecule has 20 heavy (non-hydrogen) atoms. The number of nitrogens with zero attached hydrogens (tertiary/aromatic N) is 2. The van der Waals surface area contributed by atoms with E-state index in [1.807, 2.05) is 30.3 Å². The van der Waals surface area contributed by atoms with Crippen LogP contribution in [0.1, 0.15) is 44.4 Å². The predicted octanol–water partition coefficient (Wildman–Crippen LogP) is 4.40. The van der Waals surface area contributed by atoms with E-state index < -0.39 is 0 Å². The Morgan fingerprint density at radius 3 is 2.40 bits per heavy atom. The summed E-state index contributed by atoms with van der Waals surface area (Å²) < 4.78 is 0. The average molecular weight is 269 g/mol. The van der Waals surface area contributed by atoms with E-state index in [2.05, 4.69) is 38.0 Å². The van der Waals surface area contributed by atoms with Gasteiger partial charge in [-0.1, -0.05) is 51.1 Å². The van der Waals surface area contributed by atoms with E-state index in [1.165, 1.54) is 5.56 Å². The number of rotatable bonds is 5. The van der Waals surface area contributed by atoms with Crippen LogP contribution in [0, 0.1) is 6.92 Å². The fourth-order valence-corrected chi connectivity index (χ4v) is 2.37. The molecule has 1 aromatic heterocycles. The van der Waals surface area contributed by atoms with Crippen molar-refractivity contribution in [2.45, 2.75) is 40.0 Å². The zero-order valence-electron chi connectivity index (χ0n) is 12.8. The lowest BCUT2D eigenvalue weighted by Crippen LogP contribution is -2.10. The first-order chi connectivity index (χ1) is 9.63. The highest BCUT2D eigenvalue weighted by Crippen LogP contribution is 2.28. The molecule has 1 aromatic carbocycles. The molecular formula is C17H23N3. The minimum atomic E-state index is 0.416. The van der Waals surface area contributed by atoms with Crippen LogP contribution in [-0.2, 0) is 0 Å². The van der Waals surface area contributed by atoms with Crippen LogP contribution >= 0.6 is 0 Å². The Morgan fingerprint density at radius 1 is 1.10 bits per heavy atom. The maximum atomic E-state index is 4.74. The lowest BCUT2D eigenvalue weighted by molar-refractivity contribution is 0.826. The first-order valence-electron chi connectivity index (χ1n) is 7.31. The molecule has 0 bridgehead atoms. The summed E-state index contributed by atoms with van der Waals surface area (Å²) in [6.45, 7) is 9.54. The summed E-state index contributed by atoms with van der Waals surface area (Å²) in [7, 11) is 0. The second-order valence-corrected chi connectivity index (χ2v) is 5.34. The van der Waals surface area contributed by atoms with Gasteiger partial charge in [0.1, 0.15) is 5.82 Å². The van der Waals surface area contributed by atoms with E-state index in [1.54, 1.807) is 0 Å². The number of benzene rings is 1. The summed E-state index contributed by atoms with van der Waals surface area (Å²) in [5.41, 5.74) is 3.34. The van der Waals surface area contributed by atoms with E-state index in [0.717, 1.165) is 35.9 Å². The second kappa shape index (κ2) is 6.51. The van der Waals surface area contributed by atoms with Gasteiger partial charge in [0.25, 0.3) is 0 Å². The van der Waals surface area contributed by atoms with Crippen molar-refractivity contribution in [1.29, 1.82) is 0 Å². The summed E-state index contributed by atoms with van der Waals surface area (Å²) in [4.78, 5) is 9.42. The van der Waals surface area contributed by atoms with Gasteiger partial charge in [0.2, 0.25) is 0 Å². The molecule has 2 aromatic rings. The number of nitrogens with one attached hydrogen (secondary N) is 1. The van der Waals surface area contributed by atoms with Crippen LogP contribution in [0.2, 0.25) is 0 Å². The molecule has 0 aliphatic carbocycles. The Labute approximate surface area is 121 Å². The van der Waals surface area contributed by atoms with Crippen molar-refractivity contribution in [2.24, 2.45) is 0 Å². The monoisotopic (exact) mass is 269 g/mol. The maximum Gasteiger partial charge on any atom is 0.161 e. The SMILES string of the molecule is CCCNc1nc(-c2ccccc2)nc(C)c1C(C)C. The molecule has 0 aliphatic rings. The van der Waals surface area contributed by atoms with E-state index >= 15 is 0 Å². The van der Waals surface area contributed by atoms with Gasteiger partial charge in [0, 0.05) is 23.4 Å². The van der Waals surface area contributed by atoms with Crippen molar-refractivity contribution >= 4 is 5.82 Å². The first-order valence-corrected chi connectivity index (χ1v) is 7.31. The van der Waals surface area contributed by atoms with Gasteiger partial charge < -0.3 is 5.32 Å². The summed E-state index contributed by atoms with van der Waals surface area (Å²) >= 11 is 0. The van der Waals surface area contributed by atoms with Crippen LogP contribution in [-0.4, -0.2) is 16.5 Å². The Bertz CT molecular complexity index is 562. The summed E-state index contributed by atoms with van der Waals surface area (Å²) in [6, 6.07) is 10.1. The van der Waals surface area contributed by atoms with Crippen molar-refractivity contribution in [3.63, 3.8) is 0 Å². The molecule has 106 valence electrons. The van der Waals surface area contributed by atoms with Gasteiger partial charge in [-0.2, -0.15) is 0 Å². The van der Waals surface area contributed by atoms with Crippen LogP contribution in [0.4, 0.5) is 5.82 Å². The molecule has 3 heteroatoms. The highest BCUT2D eigenvalue weighted by atomic mass is 15.0. The molecule has 0 atom stereocenters. The molecule has 0 unspecified atom stereocenters. The fraction of sp³-hybridized carbons (Fsp3) is 0.412. The molecular weight excluding hydrogens is 246 g/mol. The van der Waals surface area contributed by atoms with Crippen molar-refractivity contribution < 1.29 is 0 Å². The van der Waals surface area contributed by atoms with Crippen LogP contribution in [0.15, 0.2) is 30.3 Å². The third kappa shape index (κ3) is 3.16. The van der Waals surface area contributed by atoms with Gasteiger partial charge in [0.05, 0.1) is 0 Å². The zero-order chi connectivity index (χ0) is 14.5.